The SMILES string of the molecule is CCCNC(=O)C(NCCC)Oc1ccc2c(c1)c(C(=O)NCCOc1ccccc1OC)c(C)n2C. The van der Waals surface area contributed by atoms with Crippen molar-refractivity contribution in [3.8, 4) is 17.2 Å². The Hall–Kier alpha value is -3.72. The third-order valence-corrected chi connectivity index (χ3v) is 6.03. The fourth-order valence-electron chi connectivity index (χ4n) is 4.00. The highest BCUT2D eigenvalue weighted by Crippen LogP contribution is 2.29. The van der Waals surface area contributed by atoms with Crippen molar-refractivity contribution in [2.24, 2.45) is 7.05 Å². The zero-order chi connectivity index (χ0) is 26.8. The summed E-state index contributed by atoms with van der Waals surface area (Å²) in [6.07, 6.45) is 0.880. The molecule has 0 spiro atoms. The highest BCUT2D eigenvalue weighted by atomic mass is 16.5. The average Bonchev–Trinajstić information content (AvgIpc) is 3.16. The number of carbonyl (C=O) groups is 2. The number of aromatic nitrogens is 1. The lowest BCUT2D eigenvalue weighted by molar-refractivity contribution is -0.129. The first-order chi connectivity index (χ1) is 17.9. The van der Waals surface area contributed by atoms with Gasteiger partial charge >= 0.3 is 0 Å². The lowest BCUT2D eigenvalue weighted by Crippen LogP contribution is -2.48. The topological polar surface area (TPSA) is 103 Å². The Balaban J connectivity index is 1.74. The van der Waals surface area contributed by atoms with Crippen LogP contribution in [0, 0.1) is 6.92 Å². The molecule has 3 rings (SSSR count). The Bertz CT molecular complexity index is 1210. The van der Waals surface area contributed by atoms with E-state index < -0.39 is 6.23 Å². The number of ether oxygens (including phenoxy) is 3. The predicted molar refractivity (Wildman–Crippen MR) is 144 cm³/mol. The molecule has 200 valence electrons. The molecule has 0 radical (unpaired) electrons. The number of amides is 2. The number of fused-ring (bicyclic) bond motifs is 1. The third kappa shape index (κ3) is 6.95. The van der Waals surface area contributed by atoms with Gasteiger partial charge in [0.25, 0.3) is 11.8 Å². The van der Waals surface area contributed by atoms with E-state index in [0.29, 0.717) is 49.1 Å². The summed E-state index contributed by atoms with van der Waals surface area (Å²) < 4.78 is 19.1. The summed E-state index contributed by atoms with van der Waals surface area (Å²) in [5.41, 5.74) is 2.29. The van der Waals surface area contributed by atoms with Crippen LogP contribution in [-0.2, 0) is 11.8 Å². The first kappa shape index (κ1) is 27.9. The van der Waals surface area contributed by atoms with Gasteiger partial charge in [0.2, 0.25) is 6.23 Å². The van der Waals surface area contributed by atoms with Gasteiger partial charge in [0.15, 0.2) is 11.5 Å². The van der Waals surface area contributed by atoms with Crippen molar-refractivity contribution < 1.29 is 23.8 Å². The van der Waals surface area contributed by atoms with Crippen LogP contribution in [0.4, 0.5) is 0 Å². The number of rotatable bonds is 14. The minimum Gasteiger partial charge on any atom is -0.493 e. The van der Waals surface area contributed by atoms with Gasteiger partial charge in [0, 0.05) is 30.2 Å². The molecule has 0 fully saturated rings. The second kappa shape index (κ2) is 13.5. The van der Waals surface area contributed by atoms with Crippen LogP contribution >= 0.6 is 0 Å². The van der Waals surface area contributed by atoms with Crippen LogP contribution in [0.15, 0.2) is 42.5 Å². The molecule has 1 heterocycles. The molecule has 3 N–H and O–H groups in total. The molecular weight excluding hydrogens is 472 g/mol. The van der Waals surface area contributed by atoms with Gasteiger partial charge in [0.05, 0.1) is 19.2 Å². The zero-order valence-electron chi connectivity index (χ0n) is 22.3. The van der Waals surface area contributed by atoms with Crippen molar-refractivity contribution in [2.45, 2.75) is 39.8 Å². The maximum Gasteiger partial charge on any atom is 0.276 e. The largest absolute Gasteiger partial charge is 0.493 e. The predicted octanol–water partition coefficient (Wildman–Crippen LogP) is 3.53. The van der Waals surface area contributed by atoms with Crippen molar-refractivity contribution in [1.82, 2.24) is 20.5 Å². The number of methoxy groups -OCH3 is 1. The Morgan fingerprint density at radius 2 is 1.70 bits per heavy atom. The molecule has 37 heavy (non-hydrogen) atoms. The van der Waals surface area contributed by atoms with Gasteiger partial charge in [-0.2, -0.15) is 0 Å². The van der Waals surface area contributed by atoms with E-state index in [1.807, 2.05) is 74.9 Å². The van der Waals surface area contributed by atoms with Crippen LogP contribution < -0.4 is 30.2 Å². The number of hydrogen-bond donors (Lipinski definition) is 3. The Morgan fingerprint density at radius 1 is 0.973 bits per heavy atom. The van der Waals surface area contributed by atoms with Crippen molar-refractivity contribution in [3.63, 3.8) is 0 Å². The van der Waals surface area contributed by atoms with E-state index in [9.17, 15) is 9.59 Å². The molecule has 0 aliphatic rings. The number of carbonyl (C=O) groups excluding carboxylic acids is 2. The van der Waals surface area contributed by atoms with E-state index in [-0.39, 0.29) is 11.8 Å². The molecular formula is C28H38N4O5. The summed E-state index contributed by atoms with van der Waals surface area (Å²) in [5, 5.41) is 9.72. The van der Waals surface area contributed by atoms with Crippen LogP contribution in [0.5, 0.6) is 17.2 Å². The second-order valence-electron chi connectivity index (χ2n) is 8.70. The molecule has 0 saturated heterocycles. The maximum absolute atomic E-state index is 13.2. The van der Waals surface area contributed by atoms with E-state index in [0.717, 1.165) is 29.4 Å². The Labute approximate surface area is 218 Å². The van der Waals surface area contributed by atoms with E-state index in [2.05, 4.69) is 16.0 Å². The fourth-order valence-corrected chi connectivity index (χ4v) is 4.00. The lowest BCUT2D eigenvalue weighted by Gasteiger charge is -2.20. The van der Waals surface area contributed by atoms with Gasteiger partial charge in [-0.1, -0.05) is 26.0 Å². The molecule has 1 atom stereocenters. The van der Waals surface area contributed by atoms with Gasteiger partial charge in [-0.05, 0) is 56.6 Å². The normalized spacial score (nSPS) is 11.7. The van der Waals surface area contributed by atoms with Gasteiger partial charge in [-0.15, -0.1) is 0 Å². The van der Waals surface area contributed by atoms with E-state index >= 15 is 0 Å². The maximum atomic E-state index is 13.2. The molecule has 0 aliphatic heterocycles. The van der Waals surface area contributed by atoms with Crippen LogP contribution in [0.2, 0.25) is 0 Å². The molecule has 0 bridgehead atoms. The molecule has 1 aromatic heterocycles. The average molecular weight is 511 g/mol. The van der Waals surface area contributed by atoms with Crippen LogP contribution in [0.3, 0.4) is 0 Å². The summed E-state index contributed by atoms with van der Waals surface area (Å²) in [6, 6.07) is 12.9. The standard InChI is InChI=1S/C28H38N4O5/c1-6-14-29-27(34)28(31-15-7-2)37-20-12-13-22-21(18-20)25(19(3)32(22)4)26(33)30-16-17-36-24-11-9-8-10-23(24)35-5/h8-13,18,28,31H,6-7,14-17H2,1-5H3,(H,29,34)(H,30,33). The number of nitrogens with zero attached hydrogens (tertiary/aromatic N) is 1. The van der Waals surface area contributed by atoms with Gasteiger partial charge < -0.3 is 29.4 Å². The molecule has 0 saturated carbocycles. The highest BCUT2D eigenvalue weighted by Gasteiger charge is 2.22. The smallest absolute Gasteiger partial charge is 0.276 e. The van der Waals surface area contributed by atoms with Crippen LogP contribution in [-0.4, -0.2) is 56.0 Å². The lowest BCUT2D eigenvalue weighted by atomic mass is 10.1. The Kier molecular flexibility index (Phi) is 10.2. The van der Waals surface area contributed by atoms with Gasteiger partial charge in [0.1, 0.15) is 12.4 Å². The van der Waals surface area contributed by atoms with Crippen molar-refractivity contribution in [2.75, 3.05) is 33.4 Å². The summed E-state index contributed by atoms with van der Waals surface area (Å²) in [5.74, 6) is 1.35. The summed E-state index contributed by atoms with van der Waals surface area (Å²) in [7, 11) is 3.51. The summed E-state index contributed by atoms with van der Waals surface area (Å²) in [4.78, 5) is 25.8. The molecule has 9 nitrogen and oxygen atoms in total. The van der Waals surface area contributed by atoms with Gasteiger partial charge in [-0.3, -0.25) is 14.9 Å². The Morgan fingerprint density at radius 3 is 2.41 bits per heavy atom. The first-order valence-corrected chi connectivity index (χ1v) is 12.7. The molecule has 2 aromatic carbocycles. The highest BCUT2D eigenvalue weighted by molar-refractivity contribution is 6.08. The van der Waals surface area contributed by atoms with Crippen molar-refractivity contribution in [3.05, 3.63) is 53.7 Å². The molecule has 9 heteroatoms. The molecule has 0 aliphatic carbocycles. The van der Waals surface area contributed by atoms with Crippen LogP contribution in [0.25, 0.3) is 10.9 Å². The number of aryl methyl sites for hydroxylation is 1. The summed E-state index contributed by atoms with van der Waals surface area (Å²) in [6.45, 7) is 7.77. The number of hydrogen-bond acceptors (Lipinski definition) is 6. The molecule has 3 aromatic rings. The van der Waals surface area contributed by atoms with E-state index in [1.165, 1.54) is 0 Å². The number of nitrogens with one attached hydrogen (secondary N) is 3. The second-order valence-corrected chi connectivity index (χ2v) is 8.70. The minimum atomic E-state index is -0.821. The van der Waals surface area contributed by atoms with E-state index in [4.69, 9.17) is 14.2 Å². The minimum absolute atomic E-state index is 0.203. The monoisotopic (exact) mass is 510 g/mol. The number of para-hydroxylation sites is 2. The van der Waals surface area contributed by atoms with E-state index in [1.54, 1.807) is 7.11 Å². The quantitative estimate of drug-likeness (QED) is 0.227. The third-order valence-electron chi connectivity index (χ3n) is 6.03. The number of benzene rings is 2. The molecule has 2 amide bonds. The molecule has 1 unspecified atom stereocenters. The fraction of sp³-hybridized carbons (Fsp3) is 0.429. The summed E-state index contributed by atoms with van der Waals surface area (Å²) >= 11 is 0. The van der Waals surface area contributed by atoms with Gasteiger partial charge in [-0.25, -0.2) is 0 Å². The van der Waals surface area contributed by atoms with Crippen molar-refractivity contribution in [1.29, 1.82) is 0 Å². The first-order valence-electron chi connectivity index (χ1n) is 12.7. The van der Waals surface area contributed by atoms with Crippen LogP contribution in [0.1, 0.15) is 42.7 Å². The van der Waals surface area contributed by atoms with Crippen molar-refractivity contribution >= 4 is 22.7 Å². The zero-order valence-corrected chi connectivity index (χ0v) is 22.3.